The van der Waals surface area contributed by atoms with Gasteiger partial charge in [0.25, 0.3) is 5.89 Å². The van der Waals surface area contributed by atoms with Crippen molar-refractivity contribution >= 4 is 0 Å². The smallest absolute Gasteiger partial charge is 0.276 e. The fourth-order valence-corrected chi connectivity index (χ4v) is 1.87. The summed E-state index contributed by atoms with van der Waals surface area (Å²) >= 11 is 0. The minimum absolute atomic E-state index is 0.376. The van der Waals surface area contributed by atoms with E-state index in [0.29, 0.717) is 11.8 Å². The van der Waals surface area contributed by atoms with Gasteiger partial charge in [-0.15, -0.1) is 0 Å². The molecule has 2 aromatic rings. The van der Waals surface area contributed by atoms with Crippen molar-refractivity contribution in [2.75, 3.05) is 13.1 Å². The second-order valence-electron chi connectivity index (χ2n) is 3.86. The summed E-state index contributed by atoms with van der Waals surface area (Å²) in [5, 5.41) is 7.29. The van der Waals surface area contributed by atoms with Crippen LogP contribution < -0.4 is 5.32 Å². The fourth-order valence-electron chi connectivity index (χ4n) is 1.87. The maximum Gasteiger partial charge on any atom is 0.276 e. The third-order valence-electron chi connectivity index (χ3n) is 2.75. The van der Waals surface area contributed by atoms with Crippen LogP contribution in [0.2, 0.25) is 0 Å². The van der Waals surface area contributed by atoms with Gasteiger partial charge in [0.05, 0.1) is 0 Å². The summed E-state index contributed by atoms with van der Waals surface area (Å²) in [6.07, 6.45) is 2.79. The van der Waals surface area contributed by atoms with Crippen LogP contribution in [0.25, 0.3) is 11.6 Å². The van der Waals surface area contributed by atoms with Gasteiger partial charge in [0, 0.05) is 18.7 Å². The Kier molecular flexibility index (Phi) is 2.38. The van der Waals surface area contributed by atoms with Gasteiger partial charge in [-0.25, -0.2) is 0 Å². The lowest BCUT2D eigenvalue weighted by molar-refractivity contribution is 0.416. The first-order chi connectivity index (χ1) is 7.93. The van der Waals surface area contributed by atoms with Crippen molar-refractivity contribution in [3.8, 4) is 11.6 Å². The second kappa shape index (κ2) is 4.02. The van der Waals surface area contributed by atoms with E-state index in [1.165, 1.54) is 0 Å². The van der Waals surface area contributed by atoms with E-state index in [-0.39, 0.29) is 0 Å². The molecule has 1 N–H and O–H groups in total. The summed E-state index contributed by atoms with van der Waals surface area (Å²) in [5.41, 5.74) is 0.729. The molecule has 0 saturated carbocycles. The highest BCUT2D eigenvalue weighted by Crippen LogP contribution is 2.22. The Hall–Kier alpha value is -1.75. The van der Waals surface area contributed by atoms with Gasteiger partial charge in [0.1, 0.15) is 5.69 Å². The average Bonchev–Trinajstić information content (AvgIpc) is 3.01. The van der Waals surface area contributed by atoms with Crippen LogP contribution in [-0.2, 0) is 0 Å². The molecule has 0 aromatic carbocycles. The maximum atomic E-state index is 5.21. The van der Waals surface area contributed by atoms with Crippen molar-refractivity contribution in [2.45, 2.75) is 12.3 Å². The zero-order valence-electron chi connectivity index (χ0n) is 8.76. The first kappa shape index (κ1) is 9.47. The quantitative estimate of drug-likeness (QED) is 0.817. The SMILES string of the molecule is c1ccc(-c2nc([C@H]3CCNC3)no2)nc1. The molecule has 1 atom stereocenters. The van der Waals surface area contributed by atoms with E-state index >= 15 is 0 Å². The molecule has 3 rings (SSSR count). The highest BCUT2D eigenvalue weighted by molar-refractivity contribution is 5.45. The molecule has 1 aliphatic rings. The van der Waals surface area contributed by atoms with Crippen molar-refractivity contribution in [1.82, 2.24) is 20.4 Å². The van der Waals surface area contributed by atoms with Crippen molar-refractivity contribution < 1.29 is 4.52 Å². The molecule has 0 unspecified atom stereocenters. The highest BCUT2D eigenvalue weighted by Gasteiger charge is 2.22. The Labute approximate surface area is 92.9 Å². The zero-order valence-corrected chi connectivity index (χ0v) is 8.76. The second-order valence-corrected chi connectivity index (χ2v) is 3.86. The number of hydrogen-bond acceptors (Lipinski definition) is 5. The van der Waals surface area contributed by atoms with E-state index in [9.17, 15) is 0 Å². The Morgan fingerprint density at radius 3 is 3.12 bits per heavy atom. The van der Waals surface area contributed by atoms with Crippen molar-refractivity contribution in [1.29, 1.82) is 0 Å². The Balaban J connectivity index is 1.87. The number of nitrogens with zero attached hydrogens (tertiary/aromatic N) is 3. The normalized spacial score (nSPS) is 20.1. The molecule has 2 aromatic heterocycles. The molecular formula is C11H12N4O. The summed E-state index contributed by atoms with van der Waals surface area (Å²) in [7, 11) is 0. The van der Waals surface area contributed by atoms with Crippen LogP contribution in [-0.4, -0.2) is 28.2 Å². The predicted octanol–water partition coefficient (Wildman–Crippen LogP) is 1.21. The number of rotatable bonds is 2. The van der Waals surface area contributed by atoms with E-state index in [1.807, 2.05) is 18.2 Å². The molecule has 0 aliphatic carbocycles. The van der Waals surface area contributed by atoms with E-state index in [1.54, 1.807) is 6.20 Å². The molecule has 1 aliphatic heterocycles. The van der Waals surface area contributed by atoms with Crippen LogP contribution in [0, 0.1) is 0 Å². The largest absolute Gasteiger partial charge is 0.332 e. The lowest BCUT2D eigenvalue weighted by atomic mass is 10.1. The molecule has 3 heterocycles. The van der Waals surface area contributed by atoms with Gasteiger partial charge in [-0.1, -0.05) is 11.2 Å². The molecule has 0 radical (unpaired) electrons. The third-order valence-corrected chi connectivity index (χ3v) is 2.75. The minimum atomic E-state index is 0.376. The number of aromatic nitrogens is 3. The fraction of sp³-hybridized carbons (Fsp3) is 0.364. The molecule has 1 saturated heterocycles. The summed E-state index contributed by atoms with van der Waals surface area (Å²) in [6.45, 7) is 1.96. The Morgan fingerprint density at radius 1 is 1.38 bits per heavy atom. The summed E-state index contributed by atoms with van der Waals surface area (Å²) in [5.74, 6) is 1.66. The number of nitrogens with one attached hydrogen (secondary N) is 1. The van der Waals surface area contributed by atoms with Gasteiger partial charge in [0.15, 0.2) is 5.82 Å². The van der Waals surface area contributed by atoms with Gasteiger partial charge in [-0.2, -0.15) is 4.98 Å². The molecule has 5 heteroatoms. The van der Waals surface area contributed by atoms with Gasteiger partial charge < -0.3 is 9.84 Å². The van der Waals surface area contributed by atoms with Gasteiger partial charge in [-0.05, 0) is 25.1 Å². The molecule has 82 valence electrons. The van der Waals surface area contributed by atoms with E-state index in [4.69, 9.17) is 4.52 Å². The maximum absolute atomic E-state index is 5.21. The number of pyridine rings is 1. The van der Waals surface area contributed by atoms with Crippen LogP contribution in [0.1, 0.15) is 18.2 Å². The predicted molar refractivity (Wildman–Crippen MR) is 57.8 cm³/mol. The third kappa shape index (κ3) is 1.69. The molecular weight excluding hydrogens is 204 g/mol. The standard InChI is InChI=1S/C11H12N4O/c1-2-5-13-9(3-1)11-14-10(15-16-11)8-4-6-12-7-8/h1-3,5,8,12H,4,6-7H2/t8-/m0/s1. The molecule has 5 nitrogen and oxygen atoms in total. The van der Waals surface area contributed by atoms with Crippen LogP contribution in [0.4, 0.5) is 0 Å². The molecule has 0 bridgehead atoms. The van der Waals surface area contributed by atoms with Gasteiger partial charge in [-0.3, -0.25) is 4.98 Å². The topological polar surface area (TPSA) is 63.8 Å². The van der Waals surface area contributed by atoms with Crippen LogP contribution in [0.5, 0.6) is 0 Å². The van der Waals surface area contributed by atoms with Crippen LogP contribution in [0.3, 0.4) is 0 Å². The zero-order chi connectivity index (χ0) is 10.8. The van der Waals surface area contributed by atoms with E-state index in [2.05, 4.69) is 20.4 Å². The Bertz CT molecular complexity index is 462. The van der Waals surface area contributed by atoms with Crippen molar-refractivity contribution in [3.05, 3.63) is 30.2 Å². The number of hydrogen-bond donors (Lipinski definition) is 1. The summed E-state index contributed by atoms with van der Waals surface area (Å²) in [4.78, 5) is 8.56. The molecule has 0 amide bonds. The highest BCUT2D eigenvalue weighted by atomic mass is 16.5. The molecule has 1 fully saturated rings. The van der Waals surface area contributed by atoms with E-state index in [0.717, 1.165) is 31.0 Å². The lowest BCUT2D eigenvalue weighted by Gasteiger charge is -1.98. The summed E-state index contributed by atoms with van der Waals surface area (Å²) in [6, 6.07) is 5.63. The summed E-state index contributed by atoms with van der Waals surface area (Å²) < 4.78 is 5.21. The van der Waals surface area contributed by atoms with Gasteiger partial charge in [0.2, 0.25) is 0 Å². The molecule has 0 spiro atoms. The Morgan fingerprint density at radius 2 is 2.38 bits per heavy atom. The minimum Gasteiger partial charge on any atom is -0.332 e. The monoisotopic (exact) mass is 216 g/mol. The first-order valence-corrected chi connectivity index (χ1v) is 5.39. The van der Waals surface area contributed by atoms with Crippen molar-refractivity contribution in [2.24, 2.45) is 0 Å². The first-order valence-electron chi connectivity index (χ1n) is 5.39. The van der Waals surface area contributed by atoms with Crippen LogP contribution in [0.15, 0.2) is 28.9 Å². The lowest BCUT2D eigenvalue weighted by Crippen LogP contribution is -2.08. The molecule has 16 heavy (non-hydrogen) atoms. The average molecular weight is 216 g/mol. The van der Waals surface area contributed by atoms with E-state index < -0.39 is 0 Å². The van der Waals surface area contributed by atoms with Crippen molar-refractivity contribution in [3.63, 3.8) is 0 Å². The van der Waals surface area contributed by atoms with Crippen LogP contribution >= 0.6 is 0 Å². The van der Waals surface area contributed by atoms with Gasteiger partial charge >= 0.3 is 0 Å².